The van der Waals surface area contributed by atoms with Crippen molar-refractivity contribution >= 4 is 17.3 Å². The van der Waals surface area contributed by atoms with Gasteiger partial charge in [-0.3, -0.25) is 9.78 Å². The molecular weight excluding hydrogens is 367 g/mol. The number of halogens is 1. The molecule has 1 N–H and O–H groups in total. The molecule has 0 saturated carbocycles. The summed E-state index contributed by atoms with van der Waals surface area (Å²) >= 11 is 0. The molecule has 148 valence electrons. The van der Waals surface area contributed by atoms with E-state index in [1.807, 2.05) is 23.1 Å². The molecule has 29 heavy (non-hydrogen) atoms. The highest BCUT2D eigenvalue weighted by Crippen LogP contribution is 2.18. The van der Waals surface area contributed by atoms with Gasteiger partial charge in [-0.2, -0.15) is 0 Å². The first-order valence-corrected chi connectivity index (χ1v) is 9.73. The zero-order chi connectivity index (χ0) is 20.1. The maximum absolute atomic E-state index is 13.8. The number of anilines is 2. The van der Waals surface area contributed by atoms with Gasteiger partial charge in [-0.25, -0.2) is 4.39 Å². The van der Waals surface area contributed by atoms with Crippen molar-refractivity contribution in [1.82, 2.24) is 9.88 Å². The molecule has 3 aromatic rings. The average molecular weight is 390 g/mol. The molecule has 1 amide bonds. The van der Waals surface area contributed by atoms with Crippen molar-refractivity contribution in [2.24, 2.45) is 0 Å². The van der Waals surface area contributed by atoms with Crippen LogP contribution in [-0.2, 0) is 6.54 Å². The second kappa shape index (κ2) is 8.73. The Balaban J connectivity index is 1.37. The first-order chi connectivity index (χ1) is 14.2. The molecule has 1 aliphatic rings. The molecule has 0 aliphatic carbocycles. The number of amides is 1. The van der Waals surface area contributed by atoms with Crippen molar-refractivity contribution in [3.05, 3.63) is 90.0 Å². The molecule has 0 spiro atoms. The fourth-order valence-corrected chi connectivity index (χ4v) is 3.47. The molecule has 2 heterocycles. The molecule has 1 aliphatic heterocycles. The number of hydrogen-bond donors (Lipinski definition) is 1. The van der Waals surface area contributed by atoms with Gasteiger partial charge in [0.1, 0.15) is 11.5 Å². The zero-order valence-corrected chi connectivity index (χ0v) is 16.1. The summed E-state index contributed by atoms with van der Waals surface area (Å²) < 4.78 is 13.8. The summed E-state index contributed by atoms with van der Waals surface area (Å²) in [5.74, 6) is -0.325. The van der Waals surface area contributed by atoms with Crippen LogP contribution in [0.2, 0.25) is 0 Å². The third kappa shape index (κ3) is 4.54. The van der Waals surface area contributed by atoms with Crippen LogP contribution < -0.4 is 10.2 Å². The minimum absolute atomic E-state index is 0.0766. The van der Waals surface area contributed by atoms with Crippen molar-refractivity contribution in [1.29, 1.82) is 0 Å². The number of piperazine rings is 1. The van der Waals surface area contributed by atoms with Gasteiger partial charge in [-0.1, -0.05) is 36.4 Å². The second-order valence-electron chi connectivity index (χ2n) is 6.99. The Morgan fingerprint density at radius 1 is 0.966 bits per heavy atom. The fourth-order valence-electron chi connectivity index (χ4n) is 3.47. The van der Waals surface area contributed by atoms with Gasteiger partial charge in [0.25, 0.3) is 5.91 Å². The maximum Gasteiger partial charge on any atom is 0.272 e. The molecule has 0 bridgehead atoms. The van der Waals surface area contributed by atoms with E-state index in [0.29, 0.717) is 30.9 Å². The van der Waals surface area contributed by atoms with Gasteiger partial charge in [0, 0.05) is 55.9 Å². The molecule has 0 atom stereocenters. The SMILES string of the molecule is O=C(c1cc(NCc2ccccc2F)ccn1)N1CCN(c2ccccc2)CC1. The van der Waals surface area contributed by atoms with Gasteiger partial charge in [0.15, 0.2) is 0 Å². The van der Waals surface area contributed by atoms with E-state index in [1.54, 1.807) is 36.5 Å². The molecular formula is C23H23FN4O. The van der Waals surface area contributed by atoms with Crippen molar-refractivity contribution < 1.29 is 9.18 Å². The van der Waals surface area contributed by atoms with Crippen molar-refractivity contribution in [3.8, 4) is 0 Å². The van der Waals surface area contributed by atoms with Crippen LogP contribution in [0, 0.1) is 5.82 Å². The van der Waals surface area contributed by atoms with Gasteiger partial charge in [-0.15, -0.1) is 0 Å². The Morgan fingerprint density at radius 2 is 1.69 bits per heavy atom. The zero-order valence-electron chi connectivity index (χ0n) is 16.1. The third-order valence-corrected chi connectivity index (χ3v) is 5.11. The molecule has 2 aromatic carbocycles. The molecule has 1 aromatic heterocycles. The van der Waals surface area contributed by atoms with E-state index >= 15 is 0 Å². The summed E-state index contributed by atoms with van der Waals surface area (Å²) in [6, 6.07) is 20.4. The Bertz CT molecular complexity index is 971. The number of carbonyl (C=O) groups is 1. The Kier molecular flexibility index (Phi) is 5.70. The molecule has 1 saturated heterocycles. The van der Waals surface area contributed by atoms with Crippen LogP contribution in [0.15, 0.2) is 72.9 Å². The van der Waals surface area contributed by atoms with Crippen LogP contribution in [0.3, 0.4) is 0 Å². The number of carbonyl (C=O) groups excluding carboxylic acids is 1. The summed E-state index contributed by atoms with van der Waals surface area (Å²) in [5, 5.41) is 3.17. The van der Waals surface area contributed by atoms with Crippen molar-refractivity contribution in [2.45, 2.75) is 6.54 Å². The highest BCUT2D eigenvalue weighted by molar-refractivity contribution is 5.93. The van der Waals surface area contributed by atoms with Gasteiger partial charge >= 0.3 is 0 Å². The van der Waals surface area contributed by atoms with E-state index in [-0.39, 0.29) is 11.7 Å². The van der Waals surface area contributed by atoms with Crippen LogP contribution in [0.4, 0.5) is 15.8 Å². The monoisotopic (exact) mass is 390 g/mol. The predicted molar refractivity (Wildman–Crippen MR) is 113 cm³/mol. The predicted octanol–water partition coefficient (Wildman–Crippen LogP) is 3.80. The van der Waals surface area contributed by atoms with E-state index in [4.69, 9.17) is 0 Å². The van der Waals surface area contributed by atoms with Gasteiger partial charge in [0.05, 0.1) is 0 Å². The molecule has 6 heteroatoms. The lowest BCUT2D eigenvalue weighted by atomic mass is 10.2. The second-order valence-corrected chi connectivity index (χ2v) is 6.99. The quantitative estimate of drug-likeness (QED) is 0.720. The molecule has 4 rings (SSSR count). The number of pyridine rings is 1. The van der Waals surface area contributed by atoms with Crippen LogP contribution in [-0.4, -0.2) is 42.0 Å². The van der Waals surface area contributed by atoms with Crippen LogP contribution >= 0.6 is 0 Å². The number of benzene rings is 2. The largest absolute Gasteiger partial charge is 0.381 e. The lowest BCUT2D eigenvalue weighted by Gasteiger charge is -2.36. The van der Waals surface area contributed by atoms with Crippen LogP contribution in [0.25, 0.3) is 0 Å². The van der Waals surface area contributed by atoms with Crippen molar-refractivity contribution in [3.63, 3.8) is 0 Å². The topological polar surface area (TPSA) is 48.5 Å². The fraction of sp³-hybridized carbons (Fsp3) is 0.217. The molecule has 0 radical (unpaired) electrons. The standard InChI is InChI=1S/C23H23FN4O/c24-21-9-5-4-6-18(21)17-26-19-10-11-25-22(16-19)23(29)28-14-12-27(13-15-28)20-7-2-1-3-8-20/h1-11,16H,12-15,17H2,(H,25,26). The third-order valence-electron chi connectivity index (χ3n) is 5.11. The normalized spacial score (nSPS) is 14.0. The van der Waals surface area contributed by atoms with Gasteiger partial charge in [-0.05, 0) is 30.3 Å². The lowest BCUT2D eigenvalue weighted by Crippen LogP contribution is -2.49. The van der Waals surface area contributed by atoms with E-state index in [2.05, 4.69) is 27.3 Å². The minimum atomic E-state index is -0.248. The van der Waals surface area contributed by atoms with Gasteiger partial charge in [0.2, 0.25) is 0 Å². The average Bonchev–Trinajstić information content (AvgIpc) is 2.79. The molecule has 0 unspecified atom stereocenters. The number of rotatable bonds is 5. The number of nitrogens with one attached hydrogen (secondary N) is 1. The number of nitrogens with zero attached hydrogens (tertiary/aromatic N) is 3. The number of aromatic nitrogens is 1. The van der Waals surface area contributed by atoms with Crippen LogP contribution in [0.5, 0.6) is 0 Å². The lowest BCUT2D eigenvalue weighted by molar-refractivity contribution is 0.0741. The first kappa shape index (κ1) is 18.9. The number of para-hydroxylation sites is 1. The van der Waals surface area contributed by atoms with E-state index in [9.17, 15) is 9.18 Å². The van der Waals surface area contributed by atoms with E-state index in [1.165, 1.54) is 11.8 Å². The maximum atomic E-state index is 13.8. The van der Waals surface area contributed by atoms with Crippen LogP contribution in [0.1, 0.15) is 16.1 Å². The summed E-state index contributed by atoms with van der Waals surface area (Å²) in [6.07, 6.45) is 1.61. The number of hydrogen-bond acceptors (Lipinski definition) is 4. The van der Waals surface area contributed by atoms with Gasteiger partial charge < -0.3 is 15.1 Å². The Morgan fingerprint density at radius 3 is 2.45 bits per heavy atom. The smallest absolute Gasteiger partial charge is 0.272 e. The summed E-state index contributed by atoms with van der Waals surface area (Å²) in [6.45, 7) is 3.24. The van der Waals surface area contributed by atoms with Crippen molar-refractivity contribution in [2.75, 3.05) is 36.4 Å². The molecule has 5 nitrogen and oxygen atoms in total. The summed E-state index contributed by atoms with van der Waals surface area (Å²) in [7, 11) is 0. The minimum Gasteiger partial charge on any atom is -0.381 e. The Labute approximate surface area is 169 Å². The first-order valence-electron chi connectivity index (χ1n) is 9.73. The highest BCUT2D eigenvalue weighted by atomic mass is 19.1. The highest BCUT2D eigenvalue weighted by Gasteiger charge is 2.23. The van der Waals surface area contributed by atoms with E-state index < -0.39 is 0 Å². The summed E-state index contributed by atoms with van der Waals surface area (Å²) in [5.41, 5.74) is 2.90. The summed E-state index contributed by atoms with van der Waals surface area (Å²) in [4.78, 5) is 21.2. The Hall–Kier alpha value is -3.41. The molecule has 1 fully saturated rings. The van der Waals surface area contributed by atoms with E-state index in [0.717, 1.165) is 18.8 Å².